The minimum Gasteiger partial charge on any atom is -0.399 e. The molecule has 1 aromatic carbocycles. The molecule has 0 fully saturated rings. The summed E-state index contributed by atoms with van der Waals surface area (Å²) in [5, 5.41) is 0. The van der Waals surface area contributed by atoms with Crippen LogP contribution in [-0.2, 0) is 17.6 Å². The molecular weight excluding hydrogens is 232 g/mol. The van der Waals surface area contributed by atoms with Gasteiger partial charge in [0.2, 0.25) is 0 Å². The van der Waals surface area contributed by atoms with Gasteiger partial charge in [0.1, 0.15) is 5.78 Å². The second-order valence-electron chi connectivity index (χ2n) is 3.92. The Morgan fingerprint density at radius 3 is 2.71 bits per heavy atom. The van der Waals surface area contributed by atoms with E-state index in [0.717, 1.165) is 22.5 Å². The van der Waals surface area contributed by atoms with Crippen molar-refractivity contribution in [3.8, 4) is 0 Å². The molecule has 0 spiro atoms. The molecule has 4 heteroatoms. The molecule has 88 valence electrons. The number of anilines is 1. The Labute approximate surface area is 104 Å². The van der Waals surface area contributed by atoms with Crippen molar-refractivity contribution in [2.24, 2.45) is 0 Å². The van der Waals surface area contributed by atoms with Crippen molar-refractivity contribution in [1.29, 1.82) is 0 Å². The highest BCUT2D eigenvalue weighted by atomic mass is 32.1. The van der Waals surface area contributed by atoms with Crippen LogP contribution in [0.15, 0.2) is 36.0 Å². The number of ketones is 1. The van der Waals surface area contributed by atoms with Crippen molar-refractivity contribution in [1.82, 2.24) is 4.98 Å². The van der Waals surface area contributed by atoms with Gasteiger partial charge in [-0.15, -0.1) is 11.3 Å². The van der Waals surface area contributed by atoms with Crippen LogP contribution in [0.5, 0.6) is 0 Å². The fraction of sp³-hybridized carbons (Fsp3) is 0.231. The number of hydrogen-bond acceptors (Lipinski definition) is 4. The Morgan fingerprint density at radius 1 is 1.29 bits per heavy atom. The highest BCUT2D eigenvalue weighted by Gasteiger charge is 2.05. The van der Waals surface area contributed by atoms with E-state index in [9.17, 15) is 4.79 Å². The molecule has 0 aliphatic carbocycles. The third-order valence-electron chi connectivity index (χ3n) is 2.53. The molecule has 0 amide bonds. The predicted octanol–water partition coefficient (Wildman–Crippen LogP) is 2.47. The molecule has 0 aliphatic heterocycles. The Kier molecular flexibility index (Phi) is 3.88. The zero-order chi connectivity index (χ0) is 12.1. The number of Topliss-reactive ketones (excluding diaryl/α,β-unsaturated/α-hetero) is 1. The van der Waals surface area contributed by atoms with E-state index in [4.69, 9.17) is 5.73 Å². The van der Waals surface area contributed by atoms with Gasteiger partial charge in [0, 0.05) is 29.6 Å². The Morgan fingerprint density at radius 2 is 2.06 bits per heavy atom. The first-order valence-electron chi connectivity index (χ1n) is 5.47. The molecule has 2 N–H and O–H groups in total. The number of carbonyl (C=O) groups is 1. The van der Waals surface area contributed by atoms with E-state index in [1.807, 2.05) is 24.3 Å². The molecule has 0 saturated carbocycles. The van der Waals surface area contributed by atoms with Crippen molar-refractivity contribution in [3.05, 3.63) is 46.4 Å². The molecule has 1 heterocycles. The zero-order valence-corrected chi connectivity index (χ0v) is 10.2. The minimum absolute atomic E-state index is 0.256. The number of nitrogens with zero attached hydrogens (tertiary/aromatic N) is 1. The van der Waals surface area contributed by atoms with E-state index in [2.05, 4.69) is 4.98 Å². The summed E-state index contributed by atoms with van der Waals surface area (Å²) in [6, 6.07) is 7.66. The van der Waals surface area contributed by atoms with Crippen LogP contribution in [0.3, 0.4) is 0 Å². The van der Waals surface area contributed by atoms with Gasteiger partial charge in [-0.1, -0.05) is 12.1 Å². The third-order valence-corrected chi connectivity index (χ3v) is 3.31. The molecule has 17 heavy (non-hydrogen) atoms. The van der Waals surface area contributed by atoms with Gasteiger partial charge >= 0.3 is 0 Å². The van der Waals surface area contributed by atoms with Crippen LogP contribution in [0.4, 0.5) is 5.69 Å². The average Bonchev–Trinajstić information content (AvgIpc) is 2.81. The van der Waals surface area contributed by atoms with Crippen molar-refractivity contribution >= 4 is 22.8 Å². The maximum Gasteiger partial charge on any atom is 0.138 e. The highest BCUT2D eigenvalue weighted by Crippen LogP contribution is 2.11. The summed E-state index contributed by atoms with van der Waals surface area (Å²) < 4.78 is 0. The zero-order valence-electron chi connectivity index (χ0n) is 9.43. The lowest BCUT2D eigenvalue weighted by Crippen LogP contribution is -2.03. The van der Waals surface area contributed by atoms with Crippen LogP contribution in [-0.4, -0.2) is 10.8 Å². The van der Waals surface area contributed by atoms with E-state index in [0.29, 0.717) is 12.8 Å². The number of rotatable bonds is 5. The summed E-state index contributed by atoms with van der Waals surface area (Å²) in [5.41, 5.74) is 9.26. The van der Waals surface area contributed by atoms with Crippen LogP contribution in [0.2, 0.25) is 0 Å². The molecule has 0 unspecified atom stereocenters. The van der Waals surface area contributed by atoms with Crippen molar-refractivity contribution in [3.63, 3.8) is 0 Å². The van der Waals surface area contributed by atoms with Gasteiger partial charge in [-0.25, -0.2) is 0 Å². The molecule has 0 bridgehead atoms. The minimum atomic E-state index is 0.256. The number of nitrogen functional groups attached to an aromatic ring is 1. The second-order valence-corrected chi connectivity index (χ2v) is 4.90. The fourth-order valence-electron chi connectivity index (χ4n) is 1.58. The Balaban J connectivity index is 1.82. The lowest BCUT2D eigenvalue weighted by molar-refractivity contribution is -0.118. The quantitative estimate of drug-likeness (QED) is 0.824. The number of aryl methyl sites for hydroxylation is 1. The molecule has 0 saturated heterocycles. The van der Waals surface area contributed by atoms with Crippen LogP contribution < -0.4 is 5.73 Å². The van der Waals surface area contributed by atoms with Gasteiger partial charge in [-0.2, -0.15) is 0 Å². The number of carbonyl (C=O) groups excluding carboxylic acids is 1. The van der Waals surface area contributed by atoms with E-state index >= 15 is 0 Å². The van der Waals surface area contributed by atoms with Crippen LogP contribution in [0.1, 0.15) is 16.9 Å². The van der Waals surface area contributed by atoms with E-state index in [-0.39, 0.29) is 5.78 Å². The number of aromatic nitrogens is 1. The lowest BCUT2D eigenvalue weighted by Gasteiger charge is -2.01. The number of thiazole rings is 1. The first kappa shape index (κ1) is 11.8. The van der Waals surface area contributed by atoms with Gasteiger partial charge in [0.15, 0.2) is 0 Å². The van der Waals surface area contributed by atoms with Crippen LogP contribution >= 0.6 is 11.3 Å². The summed E-state index contributed by atoms with van der Waals surface area (Å²) in [5.74, 6) is 0.256. The SMILES string of the molecule is Nc1ccc(CCC(=O)Cc2cncs2)cc1. The largest absolute Gasteiger partial charge is 0.399 e. The fourth-order valence-corrected chi connectivity index (χ4v) is 2.20. The van der Waals surface area contributed by atoms with E-state index < -0.39 is 0 Å². The monoisotopic (exact) mass is 246 g/mol. The standard InChI is InChI=1S/C13H14N2OS/c14-11-4-1-10(2-5-11)3-6-12(16)7-13-8-15-9-17-13/h1-2,4-5,8-9H,3,6-7,14H2. The van der Waals surface area contributed by atoms with Gasteiger partial charge in [-0.05, 0) is 24.1 Å². The number of hydrogen-bond donors (Lipinski definition) is 1. The molecular formula is C13H14N2OS. The predicted molar refractivity (Wildman–Crippen MR) is 70.0 cm³/mol. The van der Waals surface area contributed by atoms with Crippen LogP contribution in [0, 0.1) is 0 Å². The highest BCUT2D eigenvalue weighted by molar-refractivity contribution is 7.09. The average molecular weight is 246 g/mol. The van der Waals surface area contributed by atoms with Crippen molar-refractivity contribution in [2.45, 2.75) is 19.3 Å². The summed E-state index contributed by atoms with van der Waals surface area (Å²) in [6.45, 7) is 0. The molecule has 0 radical (unpaired) electrons. The van der Waals surface area contributed by atoms with Crippen molar-refractivity contribution < 1.29 is 4.79 Å². The Bertz CT molecular complexity index is 477. The molecule has 0 atom stereocenters. The lowest BCUT2D eigenvalue weighted by atomic mass is 10.1. The number of benzene rings is 1. The summed E-state index contributed by atoms with van der Waals surface area (Å²) in [7, 11) is 0. The smallest absolute Gasteiger partial charge is 0.138 e. The summed E-state index contributed by atoms with van der Waals surface area (Å²) >= 11 is 1.53. The second kappa shape index (κ2) is 5.59. The van der Waals surface area contributed by atoms with E-state index in [1.165, 1.54) is 11.3 Å². The molecule has 3 nitrogen and oxygen atoms in total. The van der Waals surface area contributed by atoms with Gasteiger partial charge in [0.05, 0.1) is 5.51 Å². The number of nitrogens with two attached hydrogens (primary N) is 1. The first-order valence-corrected chi connectivity index (χ1v) is 6.35. The molecule has 2 aromatic rings. The van der Waals surface area contributed by atoms with E-state index in [1.54, 1.807) is 11.7 Å². The van der Waals surface area contributed by atoms with Gasteiger partial charge in [-0.3, -0.25) is 9.78 Å². The maximum atomic E-state index is 11.7. The Hall–Kier alpha value is -1.68. The van der Waals surface area contributed by atoms with Crippen LogP contribution in [0.25, 0.3) is 0 Å². The topological polar surface area (TPSA) is 56.0 Å². The normalized spacial score (nSPS) is 10.4. The third kappa shape index (κ3) is 3.67. The maximum absolute atomic E-state index is 11.7. The van der Waals surface area contributed by atoms with Gasteiger partial charge in [0.25, 0.3) is 0 Å². The van der Waals surface area contributed by atoms with Gasteiger partial charge < -0.3 is 5.73 Å². The molecule has 2 rings (SSSR count). The summed E-state index contributed by atoms with van der Waals surface area (Å²) in [6.07, 6.45) is 3.60. The molecule has 0 aliphatic rings. The molecule has 1 aromatic heterocycles. The first-order chi connectivity index (χ1) is 8.24. The summed E-state index contributed by atoms with van der Waals surface area (Å²) in [4.78, 5) is 16.7. The van der Waals surface area contributed by atoms with Crippen molar-refractivity contribution in [2.75, 3.05) is 5.73 Å².